The molecule has 0 aliphatic heterocycles. The van der Waals surface area contributed by atoms with Crippen molar-refractivity contribution in [3.8, 4) is 0 Å². The fourth-order valence-electron chi connectivity index (χ4n) is 3.73. The second-order valence-corrected chi connectivity index (χ2v) is 6.41. The molecule has 2 heteroatoms. The number of hydrogen-bond acceptors (Lipinski definition) is 2. The Hall–Kier alpha value is -0.370. The molecule has 0 bridgehead atoms. The molecule has 2 aliphatic carbocycles. The van der Waals surface area contributed by atoms with Gasteiger partial charge in [-0.25, -0.2) is 0 Å². The van der Waals surface area contributed by atoms with Gasteiger partial charge in [0, 0.05) is 18.4 Å². The zero-order chi connectivity index (χ0) is 13.0. The second-order valence-electron chi connectivity index (χ2n) is 6.41. The van der Waals surface area contributed by atoms with Crippen LogP contribution in [0.3, 0.4) is 0 Å². The minimum Gasteiger partial charge on any atom is -0.303 e. The van der Waals surface area contributed by atoms with E-state index in [0.29, 0.717) is 11.7 Å². The van der Waals surface area contributed by atoms with Crippen LogP contribution in [0.15, 0.2) is 0 Å². The van der Waals surface area contributed by atoms with Crippen molar-refractivity contribution < 1.29 is 4.79 Å². The van der Waals surface area contributed by atoms with Crippen molar-refractivity contribution in [1.29, 1.82) is 0 Å². The predicted octanol–water partition coefficient (Wildman–Crippen LogP) is 3.65. The van der Waals surface area contributed by atoms with Gasteiger partial charge in [-0.05, 0) is 64.5 Å². The minimum atomic E-state index is 0.388. The van der Waals surface area contributed by atoms with Crippen LogP contribution in [0.2, 0.25) is 0 Å². The first-order valence-electron chi connectivity index (χ1n) is 7.93. The summed E-state index contributed by atoms with van der Waals surface area (Å²) in [4.78, 5) is 14.2. The van der Waals surface area contributed by atoms with Crippen LogP contribution in [0, 0.1) is 11.8 Å². The molecule has 2 fully saturated rings. The lowest BCUT2D eigenvalue weighted by atomic mass is 9.84. The van der Waals surface area contributed by atoms with Gasteiger partial charge < -0.3 is 4.90 Å². The van der Waals surface area contributed by atoms with Gasteiger partial charge in [0.15, 0.2) is 0 Å². The van der Waals surface area contributed by atoms with Gasteiger partial charge in [0.05, 0.1) is 0 Å². The molecule has 104 valence electrons. The van der Waals surface area contributed by atoms with Crippen LogP contribution in [0.4, 0.5) is 0 Å². The van der Waals surface area contributed by atoms with Gasteiger partial charge in [0.1, 0.15) is 5.78 Å². The van der Waals surface area contributed by atoms with Crippen LogP contribution < -0.4 is 0 Å². The molecule has 0 spiro atoms. The summed E-state index contributed by atoms with van der Waals surface area (Å²) in [5.41, 5.74) is 0. The van der Waals surface area contributed by atoms with Crippen molar-refractivity contribution >= 4 is 5.78 Å². The summed E-state index contributed by atoms with van der Waals surface area (Å²) in [5.74, 6) is 1.89. The molecule has 1 atom stereocenters. The first-order chi connectivity index (χ1) is 8.70. The Kier molecular flexibility index (Phi) is 5.23. The molecule has 0 aromatic rings. The van der Waals surface area contributed by atoms with Crippen molar-refractivity contribution in [2.45, 2.75) is 70.8 Å². The van der Waals surface area contributed by atoms with E-state index in [1.165, 1.54) is 32.1 Å². The molecule has 0 heterocycles. The molecule has 2 aliphatic rings. The normalized spacial score (nSPS) is 33.3. The number of rotatable bonds is 5. The van der Waals surface area contributed by atoms with E-state index in [1.807, 2.05) is 0 Å². The molecular weight excluding hydrogens is 222 g/mol. The number of carbonyl (C=O) groups is 1. The monoisotopic (exact) mass is 251 g/mol. The summed E-state index contributed by atoms with van der Waals surface area (Å²) in [6.07, 6.45) is 11.1. The molecule has 0 aromatic heterocycles. The summed E-state index contributed by atoms with van der Waals surface area (Å²) >= 11 is 0. The molecule has 0 radical (unpaired) electrons. The Morgan fingerprint density at radius 1 is 1.17 bits per heavy atom. The molecule has 1 unspecified atom stereocenters. The Morgan fingerprint density at radius 2 is 1.89 bits per heavy atom. The van der Waals surface area contributed by atoms with Crippen LogP contribution in [-0.2, 0) is 4.79 Å². The van der Waals surface area contributed by atoms with E-state index in [4.69, 9.17) is 0 Å². The predicted molar refractivity (Wildman–Crippen MR) is 75.6 cm³/mol. The molecular formula is C16H29NO. The molecule has 2 rings (SSSR count). The largest absolute Gasteiger partial charge is 0.303 e. The first kappa shape index (κ1) is 14.0. The van der Waals surface area contributed by atoms with Crippen molar-refractivity contribution in [1.82, 2.24) is 4.90 Å². The summed E-state index contributed by atoms with van der Waals surface area (Å²) in [6.45, 7) is 3.44. The van der Waals surface area contributed by atoms with Crippen molar-refractivity contribution in [2.75, 3.05) is 13.6 Å². The molecule has 18 heavy (non-hydrogen) atoms. The summed E-state index contributed by atoms with van der Waals surface area (Å²) in [7, 11) is 2.26. The number of hydrogen-bond donors (Lipinski definition) is 0. The zero-order valence-electron chi connectivity index (χ0n) is 12.2. The Labute approximate surface area is 112 Å². The summed E-state index contributed by atoms with van der Waals surface area (Å²) in [5, 5.41) is 0. The zero-order valence-corrected chi connectivity index (χ0v) is 12.2. The van der Waals surface area contributed by atoms with Crippen LogP contribution in [0.1, 0.15) is 64.7 Å². The maximum Gasteiger partial charge on any atom is 0.136 e. The van der Waals surface area contributed by atoms with Gasteiger partial charge in [-0.1, -0.05) is 13.3 Å². The van der Waals surface area contributed by atoms with E-state index in [2.05, 4.69) is 18.9 Å². The van der Waals surface area contributed by atoms with E-state index in [-0.39, 0.29) is 0 Å². The minimum absolute atomic E-state index is 0.388. The standard InChI is InChI=1S/C16H29NO/c1-3-13-7-9-15(10-8-13)17(2)12-11-14-5-4-6-16(14)18/h13-15H,3-12H2,1-2H3. The Morgan fingerprint density at radius 3 is 2.44 bits per heavy atom. The SMILES string of the molecule is CCC1CCC(N(C)CCC2CCCC2=O)CC1. The van der Waals surface area contributed by atoms with E-state index < -0.39 is 0 Å². The number of ketones is 1. The highest BCUT2D eigenvalue weighted by Crippen LogP contribution is 2.30. The third kappa shape index (κ3) is 3.57. The lowest BCUT2D eigenvalue weighted by molar-refractivity contribution is -0.120. The Balaban J connectivity index is 1.68. The first-order valence-corrected chi connectivity index (χ1v) is 7.93. The number of nitrogens with zero attached hydrogens (tertiary/aromatic N) is 1. The topological polar surface area (TPSA) is 20.3 Å². The number of carbonyl (C=O) groups excluding carboxylic acids is 1. The smallest absolute Gasteiger partial charge is 0.136 e. The van der Waals surface area contributed by atoms with Crippen molar-refractivity contribution in [2.24, 2.45) is 11.8 Å². The molecule has 0 saturated heterocycles. The highest BCUT2D eigenvalue weighted by atomic mass is 16.1. The van der Waals surface area contributed by atoms with Crippen LogP contribution in [-0.4, -0.2) is 30.3 Å². The molecule has 0 aromatic carbocycles. The van der Waals surface area contributed by atoms with Gasteiger partial charge >= 0.3 is 0 Å². The van der Waals surface area contributed by atoms with E-state index in [0.717, 1.165) is 44.2 Å². The molecule has 0 amide bonds. The molecule has 2 nitrogen and oxygen atoms in total. The number of Topliss-reactive ketones (excluding diaryl/α,β-unsaturated/α-hetero) is 1. The Bertz CT molecular complexity index is 268. The average molecular weight is 251 g/mol. The fourth-order valence-corrected chi connectivity index (χ4v) is 3.73. The molecule has 0 N–H and O–H groups in total. The summed E-state index contributed by atoms with van der Waals surface area (Å²) in [6, 6.07) is 0.782. The maximum absolute atomic E-state index is 11.6. The third-order valence-electron chi connectivity index (χ3n) is 5.28. The van der Waals surface area contributed by atoms with Crippen LogP contribution in [0.5, 0.6) is 0 Å². The molecule has 2 saturated carbocycles. The van der Waals surface area contributed by atoms with E-state index in [1.54, 1.807) is 0 Å². The van der Waals surface area contributed by atoms with Crippen molar-refractivity contribution in [3.05, 3.63) is 0 Å². The third-order valence-corrected chi connectivity index (χ3v) is 5.28. The van der Waals surface area contributed by atoms with Crippen molar-refractivity contribution in [3.63, 3.8) is 0 Å². The summed E-state index contributed by atoms with van der Waals surface area (Å²) < 4.78 is 0. The van der Waals surface area contributed by atoms with Crippen LogP contribution >= 0.6 is 0 Å². The van der Waals surface area contributed by atoms with Gasteiger partial charge in [-0.15, -0.1) is 0 Å². The average Bonchev–Trinajstić information content (AvgIpc) is 2.81. The fraction of sp³-hybridized carbons (Fsp3) is 0.938. The van der Waals surface area contributed by atoms with Gasteiger partial charge in [-0.3, -0.25) is 4.79 Å². The highest BCUT2D eigenvalue weighted by molar-refractivity contribution is 5.82. The lowest BCUT2D eigenvalue weighted by Crippen LogP contribution is -2.36. The van der Waals surface area contributed by atoms with E-state index >= 15 is 0 Å². The highest BCUT2D eigenvalue weighted by Gasteiger charge is 2.26. The second kappa shape index (κ2) is 6.70. The van der Waals surface area contributed by atoms with Crippen LogP contribution in [0.25, 0.3) is 0 Å². The van der Waals surface area contributed by atoms with Gasteiger partial charge in [-0.2, -0.15) is 0 Å². The lowest BCUT2D eigenvalue weighted by Gasteiger charge is -2.34. The van der Waals surface area contributed by atoms with E-state index in [9.17, 15) is 4.79 Å². The quantitative estimate of drug-likeness (QED) is 0.743. The maximum atomic E-state index is 11.6. The van der Waals surface area contributed by atoms with Gasteiger partial charge in [0.25, 0.3) is 0 Å². The van der Waals surface area contributed by atoms with Gasteiger partial charge in [0.2, 0.25) is 0 Å².